The van der Waals surface area contributed by atoms with Crippen LogP contribution in [0.2, 0.25) is 5.02 Å². The van der Waals surface area contributed by atoms with E-state index in [0.29, 0.717) is 12.5 Å². The van der Waals surface area contributed by atoms with E-state index in [1.807, 2.05) is 18.2 Å². The molecule has 1 fully saturated rings. The summed E-state index contributed by atoms with van der Waals surface area (Å²) in [6, 6.07) is 5.88. The molecular formula is C13H15ClN2O. The van der Waals surface area contributed by atoms with Gasteiger partial charge in [-0.2, -0.15) is 0 Å². The quantitative estimate of drug-likeness (QED) is 0.833. The summed E-state index contributed by atoms with van der Waals surface area (Å²) >= 11 is 6.06. The fourth-order valence-corrected chi connectivity index (χ4v) is 2.35. The number of aromatic nitrogens is 2. The second-order valence-electron chi connectivity index (χ2n) is 4.52. The number of hydrogen-bond acceptors (Lipinski definition) is 2. The molecule has 1 aliphatic carbocycles. The van der Waals surface area contributed by atoms with E-state index >= 15 is 0 Å². The Labute approximate surface area is 105 Å². The minimum atomic E-state index is 0.637. The second kappa shape index (κ2) is 4.31. The van der Waals surface area contributed by atoms with Crippen molar-refractivity contribution in [2.45, 2.75) is 25.3 Å². The Bertz CT molecular complexity index is 546. The van der Waals surface area contributed by atoms with Gasteiger partial charge in [0, 0.05) is 24.6 Å². The molecule has 1 heterocycles. The maximum absolute atomic E-state index is 6.06. The average Bonchev–Trinajstić information content (AvgIpc) is 3.10. The fraction of sp³-hybridized carbons (Fsp3) is 0.462. The molecule has 0 spiro atoms. The number of benzene rings is 1. The summed E-state index contributed by atoms with van der Waals surface area (Å²) in [6.07, 6.45) is 2.51. The van der Waals surface area contributed by atoms with Gasteiger partial charge in [0.15, 0.2) is 0 Å². The third-order valence-corrected chi connectivity index (χ3v) is 3.44. The molecule has 0 radical (unpaired) electrons. The number of hydrogen-bond donors (Lipinski definition) is 0. The molecule has 1 aromatic heterocycles. The number of fused-ring (bicyclic) bond motifs is 1. The van der Waals surface area contributed by atoms with Gasteiger partial charge in [0.2, 0.25) is 0 Å². The maximum Gasteiger partial charge on any atom is 0.113 e. The lowest BCUT2D eigenvalue weighted by Gasteiger charge is -2.07. The van der Waals surface area contributed by atoms with Gasteiger partial charge in [-0.1, -0.05) is 11.6 Å². The molecule has 0 N–H and O–H groups in total. The smallest absolute Gasteiger partial charge is 0.113 e. The molecule has 0 unspecified atom stereocenters. The normalized spacial score (nSPS) is 15.6. The lowest BCUT2D eigenvalue weighted by molar-refractivity contribution is 0.187. The van der Waals surface area contributed by atoms with E-state index in [0.717, 1.165) is 22.6 Å². The van der Waals surface area contributed by atoms with Crippen LogP contribution in [0.25, 0.3) is 11.0 Å². The molecule has 0 aliphatic heterocycles. The standard InChI is InChI=1S/C13H15ClN2O/c1-17-7-6-16-12-8-10(14)4-5-11(12)15-13(16)9-2-3-9/h4-5,8-9H,2-3,6-7H2,1H3. The number of halogens is 1. The van der Waals surface area contributed by atoms with Crippen molar-refractivity contribution in [2.24, 2.45) is 0 Å². The van der Waals surface area contributed by atoms with Crippen molar-refractivity contribution in [2.75, 3.05) is 13.7 Å². The van der Waals surface area contributed by atoms with Gasteiger partial charge in [0.1, 0.15) is 5.82 Å². The predicted octanol–water partition coefficient (Wildman–Crippen LogP) is 3.21. The summed E-state index contributed by atoms with van der Waals surface area (Å²) in [6.45, 7) is 1.55. The zero-order valence-electron chi connectivity index (χ0n) is 9.82. The van der Waals surface area contributed by atoms with Crippen LogP contribution >= 0.6 is 11.6 Å². The van der Waals surface area contributed by atoms with Crippen LogP contribution in [-0.2, 0) is 11.3 Å². The van der Waals surface area contributed by atoms with Gasteiger partial charge >= 0.3 is 0 Å². The first kappa shape index (κ1) is 11.1. The molecule has 0 saturated heterocycles. The van der Waals surface area contributed by atoms with Crippen molar-refractivity contribution in [1.29, 1.82) is 0 Å². The van der Waals surface area contributed by atoms with Crippen LogP contribution in [0.1, 0.15) is 24.6 Å². The van der Waals surface area contributed by atoms with Crippen LogP contribution in [0, 0.1) is 0 Å². The van der Waals surface area contributed by atoms with Crippen LogP contribution in [0.15, 0.2) is 18.2 Å². The minimum absolute atomic E-state index is 0.637. The molecule has 0 bridgehead atoms. The molecule has 0 amide bonds. The van der Waals surface area contributed by atoms with E-state index < -0.39 is 0 Å². The van der Waals surface area contributed by atoms with Gasteiger partial charge in [0.25, 0.3) is 0 Å². The van der Waals surface area contributed by atoms with Crippen molar-refractivity contribution in [3.8, 4) is 0 Å². The Morgan fingerprint density at radius 2 is 2.29 bits per heavy atom. The van der Waals surface area contributed by atoms with Gasteiger partial charge < -0.3 is 9.30 Å². The zero-order valence-corrected chi connectivity index (χ0v) is 10.6. The third-order valence-electron chi connectivity index (χ3n) is 3.20. The first-order chi connectivity index (χ1) is 8.29. The summed E-state index contributed by atoms with van der Waals surface area (Å²) in [7, 11) is 1.73. The first-order valence-electron chi connectivity index (χ1n) is 5.94. The van der Waals surface area contributed by atoms with Gasteiger partial charge in [-0.25, -0.2) is 4.98 Å². The van der Waals surface area contributed by atoms with E-state index in [9.17, 15) is 0 Å². The fourth-order valence-electron chi connectivity index (χ4n) is 2.19. The molecular weight excluding hydrogens is 236 g/mol. The van der Waals surface area contributed by atoms with Crippen molar-refractivity contribution >= 4 is 22.6 Å². The van der Waals surface area contributed by atoms with E-state index in [1.54, 1.807) is 7.11 Å². The van der Waals surface area contributed by atoms with Crippen molar-refractivity contribution in [1.82, 2.24) is 9.55 Å². The van der Waals surface area contributed by atoms with Crippen molar-refractivity contribution < 1.29 is 4.74 Å². The van der Waals surface area contributed by atoms with Crippen molar-refractivity contribution in [3.63, 3.8) is 0 Å². The van der Waals surface area contributed by atoms with Gasteiger partial charge in [-0.05, 0) is 31.0 Å². The Morgan fingerprint density at radius 3 is 3.00 bits per heavy atom. The monoisotopic (exact) mass is 250 g/mol. The van der Waals surface area contributed by atoms with Gasteiger partial charge in [-0.15, -0.1) is 0 Å². The Hall–Kier alpha value is -1.06. The second-order valence-corrected chi connectivity index (χ2v) is 4.96. The molecule has 1 saturated carbocycles. The molecule has 0 atom stereocenters. The summed E-state index contributed by atoms with van der Waals surface area (Å²) in [5.74, 6) is 1.83. The van der Waals surface area contributed by atoms with E-state index in [2.05, 4.69) is 4.57 Å². The number of imidazole rings is 1. The summed E-state index contributed by atoms with van der Waals surface area (Å²) in [5.41, 5.74) is 2.16. The number of ether oxygens (including phenoxy) is 1. The van der Waals surface area contributed by atoms with Crippen LogP contribution in [-0.4, -0.2) is 23.3 Å². The molecule has 3 rings (SSSR count). The molecule has 17 heavy (non-hydrogen) atoms. The lowest BCUT2D eigenvalue weighted by atomic mass is 10.3. The average molecular weight is 251 g/mol. The number of nitrogens with zero attached hydrogens (tertiary/aromatic N) is 2. The highest BCUT2D eigenvalue weighted by molar-refractivity contribution is 6.31. The molecule has 3 nitrogen and oxygen atoms in total. The SMILES string of the molecule is COCCn1c(C2CC2)nc2ccc(Cl)cc21. The highest BCUT2D eigenvalue weighted by atomic mass is 35.5. The van der Waals surface area contributed by atoms with E-state index in [1.165, 1.54) is 18.7 Å². The van der Waals surface area contributed by atoms with Crippen LogP contribution in [0.3, 0.4) is 0 Å². The van der Waals surface area contributed by atoms with E-state index in [4.69, 9.17) is 21.3 Å². The minimum Gasteiger partial charge on any atom is -0.383 e. The molecule has 90 valence electrons. The van der Waals surface area contributed by atoms with Crippen LogP contribution in [0.5, 0.6) is 0 Å². The van der Waals surface area contributed by atoms with Crippen LogP contribution in [0.4, 0.5) is 0 Å². The zero-order chi connectivity index (χ0) is 11.8. The summed E-state index contributed by atoms with van der Waals surface area (Å²) in [4.78, 5) is 4.72. The van der Waals surface area contributed by atoms with Gasteiger partial charge in [0.05, 0.1) is 17.6 Å². The molecule has 4 heteroatoms. The van der Waals surface area contributed by atoms with Crippen LogP contribution < -0.4 is 0 Å². The maximum atomic E-state index is 6.06. The summed E-state index contributed by atoms with van der Waals surface area (Å²) < 4.78 is 7.42. The number of methoxy groups -OCH3 is 1. The largest absolute Gasteiger partial charge is 0.383 e. The number of rotatable bonds is 4. The third kappa shape index (κ3) is 2.05. The molecule has 2 aromatic rings. The molecule has 1 aromatic carbocycles. The summed E-state index contributed by atoms with van der Waals surface area (Å²) in [5, 5.41) is 0.762. The highest BCUT2D eigenvalue weighted by Gasteiger charge is 2.29. The van der Waals surface area contributed by atoms with E-state index in [-0.39, 0.29) is 0 Å². The highest BCUT2D eigenvalue weighted by Crippen LogP contribution is 2.40. The predicted molar refractivity (Wildman–Crippen MR) is 68.6 cm³/mol. The topological polar surface area (TPSA) is 27.1 Å². The lowest BCUT2D eigenvalue weighted by Crippen LogP contribution is -2.07. The first-order valence-corrected chi connectivity index (χ1v) is 6.32. The van der Waals surface area contributed by atoms with Crippen molar-refractivity contribution in [3.05, 3.63) is 29.0 Å². The Balaban J connectivity index is 2.10. The van der Waals surface area contributed by atoms with Gasteiger partial charge in [-0.3, -0.25) is 0 Å². The Kier molecular flexibility index (Phi) is 2.81. The Morgan fingerprint density at radius 1 is 1.47 bits per heavy atom. The molecule has 1 aliphatic rings.